The molecule has 0 N–H and O–H groups in total. The van der Waals surface area contributed by atoms with Crippen molar-refractivity contribution >= 4 is 5.97 Å². The predicted molar refractivity (Wildman–Crippen MR) is 114 cm³/mol. The molecule has 0 bridgehead atoms. The highest BCUT2D eigenvalue weighted by atomic mass is 16.7. The Kier molecular flexibility index (Phi) is 14.3. The summed E-state index contributed by atoms with van der Waals surface area (Å²) in [6.45, 7) is 14.0. The zero-order valence-electron chi connectivity index (χ0n) is 19.6. The van der Waals surface area contributed by atoms with Crippen molar-refractivity contribution in [1.29, 1.82) is 0 Å². The molecular weight excluding hydrogens is 406 g/mol. The van der Waals surface area contributed by atoms with E-state index in [4.69, 9.17) is 28.4 Å². The monoisotopic (exact) mass is 445 g/mol. The second-order valence-corrected chi connectivity index (χ2v) is 7.68. The van der Waals surface area contributed by atoms with E-state index >= 15 is 0 Å². The van der Waals surface area contributed by atoms with Crippen molar-refractivity contribution in [3.8, 4) is 0 Å². The number of aromatic nitrogens is 3. The number of hydrogen-bond acceptors (Lipinski definition) is 9. The molecule has 0 spiro atoms. The van der Waals surface area contributed by atoms with Crippen molar-refractivity contribution in [3.63, 3.8) is 0 Å². The molecule has 0 radical (unpaired) electrons. The molecule has 0 aromatic carbocycles. The lowest BCUT2D eigenvalue weighted by Gasteiger charge is -2.19. The number of ether oxygens (including phenoxy) is 6. The van der Waals surface area contributed by atoms with Crippen LogP contribution in [0.1, 0.15) is 59.4 Å². The summed E-state index contributed by atoms with van der Waals surface area (Å²) < 4.78 is 34.4. The van der Waals surface area contributed by atoms with E-state index in [0.29, 0.717) is 77.9 Å². The second-order valence-electron chi connectivity index (χ2n) is 7.68. The van der Waals surface area contributed by atoms with Crippen molar-refractivity contribution in [3.05, 3.63) is 11.9 Å². The van der Waals surface area contributed by atoms with Gasteiger partial charge in [-0.25, -0.2) is 4.68 Å². The lowest BCUT2D eigenvalue weighted by Crippen LogP contribution is -2.23. The van der Waals surface area contributed by atoms with Gasteiger partial charge in [0.1, 0.15) is 11.3 Å². The highest BCUT2D eigenvalue weighted by Gasteiger charge is 2.16. The Morgan fingerprint density at radius 3 is 2.13 bits per heavy atom. The third kappa shape index (κ3) is 14.2. The van der Waals surface area contributed by atoms with Gasteiger partial charge in [-0.2, -0.15) is 0 Å². The zero-order chi connectivity index (χ0) is 23.0. The first-order valence-corrected chi connectivity index (χ1v) is 10.9. The van der Waals surface area contributed by atoms with Crippen LogP contribution in [0.4, 0.5) is 0 Å². The quantitative estimate of drug-likeness (QED) is 0.191. The van der Waals surface area contributed by atoms with Gasteiger partial charge < -0.3 is 28.4 Å². The molecule has 0 aliphatic rings. The Hall–Kier alpha value is -1.59. The highest BCUT2D eigenvalue weighted by Crippen LogP contribution is 2.15. The van der Waals surface area contributed by atoms with Crippen molar-refractivity contribution in [2.75, 3.05) is 52.9 Å². The Morgan fingerprint density at radius 1 is 0.968 bits per heavy atom. The lowest BCUT2D eigenvalue weighted by atomic mass is 10.2. The molecule has 10 nitrogen and oxygen atoms in total. The Balaban J connectivity index is 1.96. The maximum absolute atomic E-state index is 11.6. The minimum Gasteiger partial charge on any atom is -0.460 e. The molecule has 0 aliphatic carbocycles. The third-order valence-electron chi connectivity index (χ3n) is 3.73. The number of carbonyl (C=O) groups excluding carboxylic acids is 1. The Bertz CT molecular complexity index is 584. The van der Waals surface area contributed by atoms with Gasteiger partial charge in [0, 0.05) is 26.2 Å². The van der Waals surface area contributed by atoms with Crippen LogP contribution >= 0.6 is 0 Å². The molecule has 0 saturated carbocycles. The SMILES string of the molecule is CCOC(OCC)c1cn(CCOCCOCCOCCCC(=O)OC(C)(C)C)nn1. The van der Waals surface area contributed by atoms with Gasteiger partial charge in [0.15, 0.2) is 0 Å². The third-order valence-corrected chi connectivity index (χ3v) is 3.73. The number of rotatable bonds is 18. The average molecular weight is 446 g/mol. The van der Waals surface area contributed by atoms with E-state index in [0.717, 1.165) is 0 Å². The summed E-state index contributed by atoms with van der Waals surface area (Å²) in [5, 5.41) is 8.15. The molecule has 180 valence electrons. The van der Waals surface area contributed by atoms with E-state index in [1.807, 2.05) is 34.6 Å². The molecule has 1 aromatic heterocycles. The number of carbonyl (C=O) groups is 1. The minimum absolute atomic E-state index is 0.199. The summed E-state index contributed by atoms with van der Waals surface area (Å²) in [6.07, 6.45) is 2.31. The maximum atomic E-state index is 11.6. The van der Waals surface area contributed by atoms with Gasteiger partial charge in [-0.1, -0.05) is 5.21 Å². The molecular formula is C21H39N3O7. The van der Waals surface area contributed by atoms with Gasteiger partial charge in [0.2, 0.25) is 6.29 Å². The number of esters is 1. The standard InChI is InChI=1S/C21H39N3O7/c1-6-29-20(30-7-2)18-17-24(23-22-18)10-12-27-14-16-28-15-13-26-11-8-9-19(25)31-21(3,4)5/h17,20H,6-16H2,1-5H3. The normalized spacial score (nSPS) is 11.9. The summed E-state index contributed by atoms with van der Waals surface area (Å²) >= 11 is 0. The van der Waals surface area contributed by atoms with Gasteiger partial charge in [-0.3, -0.25) is 4.79 Å². The van der Waals surface area contributed by atoms with Crippen molar-refractivity contribution in [1.82, 2.24) is 15.0 Å². The zero-order valence-corrected chi connectivity index (χ0v) is 19.6. The minimum atomic E-state index is -0.488. The molecule has 0 atom stereocenters. The van der Waals surface area contributed by atoms with Crippen LogP contribution in [0.3, 0.4) is 0 Å². The van der Waals surface area contributed by atoms with Crippen LogP contribution in [-0.4, -0.2) is 79.4 Å². The fraction of sp³-hybridized carbons (Fsp3) is 0.857. The summed E-state index contributed by atoms with van der Waals surface area (Å²) in [7, 11) is 0. The van der Waals surface area contributed by atoms with Crippen LogP contribution in [0.15, 0.2) is 6.20 Å². The van der Waals surface area contributed by atoms with E-state index in [2.05, 4.69) is 10.3 Å². The lowest BCUT2D eigenvalue weighted by molar-refractivity contribution is -0.155. The van der Waals surface area contributed by atoms with Crippen LogP contribution in [0.5, 0.6) is 0 Å². The Labute approximate surface area is 185 Å². The van der Waals surface area contributed by atoms with Crippen molar-refractivity contribution in [2.24, 2.45) is 0 Å². The molecule has 10 heteroatoms. The van der Waals surface area contributed by atoms with Gasteiger partial charge >= 0.3 is 5.97 Å². The van der Waals surface area contributed by atoms with Crippen molar-refractivity contribution < 1.29 is 33.2 Å². The molecule has 0 unspecified atom stereocenters. The van der Waals surface area contributed by atoms with E-state index < -0.39 is 11.9 Å². The van der Waals surface area contributed by atoms with E-state index in [1.165, 1.54) is 0 Å². The first-order chi connectivity index (χ1) is 14.9. The molecule has 0 saturated heterocycles. The van der Waals surface area contributed by atoms with Gasteiger partial charge in [0.25, 0.3) is 0 Å². The van der Waals surface area contributed by atoms with E-state index in [-0.39, 0.29) is 5.97 Å². The predicted octanol–water partition coefficient (Wildman–Crippen LogP) is 2.52. The van der Waals surface area contributed by atoms with E-state index in [1.54, 1.807) is 10.9 Å². The Morgan fingerprint density at radius 2 is 1.55 bits per heavy atom. The fourth-order valence-corrected chi connectivity index (χ4v) is 2.46. The largest absolute Gasteiger partial charge is 0.460 e. The molecule has 1 aromatic rings. The summed E-state index contributed by atoms with van der Waals surface area (Å²) in [5.74, 6) is -0.199. The molecule has 0 aliphatic heterocycles. The second kappa shape index (κ2) is 16.1. The summed E-state index contributed by atoms with van der Waals surface area (Å²) in [5.41, 5.74) is 0.209. The summed E-state index contributed by atoms with van der Waals surface area (Å²) in [4.78, 5) is 11.6. The molecule has 0 amide bonds. The van der Waals surface area contributed by atoms with Gasteiger partial charge in [-0.05, 0) is 41.0 Å². The highest BCUT2D eigenvalue weighted by molar-refractivity contribution is 5.69. The van der Waals surface area contributed by atoms with Crippen molar-refractivity contribution in [2.45, 2.75) is 65.9 Å². The van der Waals surface area contributed by atoms with Gasteiger partial charge in [-0.15, -0.1) is 5.10 Å². The molecule has 1 rings (SSSR count). The topological polar surface area (TPSA) is 103 Å². The van der Waals surface area contributed by atoms with E-state index in [9.17, 15) is 4.79 Å². The first-order valence-electron chi connectivity index (χ1n) is 10.9. The average Bonchev–Trinajstić information content (AvgIpc) is 3.16. The van der Waals surface area contributed by atoms with Crippen LogP contribution in [-0.2, 0) is 39.8 Å². The fourth-order valence-electron chi connectivity index (χ4n) is 2.46. The first kappa shape index (κ1) is 27.4. The smallest absolute Gasteiger partial charge is 0.306 e. The molecule has 1 heterocycles. The van der Waals surface area contributed by atoms with Crippen LogP contribution in [0.25, 0.3) is 0 Å². The maximum Gasteiger partial charge on any atom is 0.306 e. The van der Waals surface area contributed by atoms with Gasteiger partial charge in [0.05, 0.1) is 45.8 Å². The number of hydrogen-bond donors (Lipinski definition) is 0. The van der Waals surface area contributed by atoms with Crippen LogP contribution in [0.2, 0.25) is 0 Å². The van der Waals surface area contributed by atoms with Crippen LogP contribution in [0, 0.1) is 0 Å². The summed E-state index contributed by atoms with van der Waals surface area (Å²) in [6, 6.07) is 0. The number of nitrogens with zero attached hydrogens (tertiary/aromatic N) is 3. The van der Waals surface area contributed by atoms with Crippen LogP contribution < -0.4 is 0 Å². The molecule has 31 heavy (non-hydrogen) atoms. The molecule has 0 fully saturated rings.